The van der Waals surface area contributed by atoms with Gasteiger partial charge >= 0.3 is 6.03 Å². The molecule has 2 amide bonds. The van der Waals surface area contributed by atoms with E-state index in [4.69, 9.17) is 0 Å². The van der Waals surface area contributed by atoms with Crippen molar-refractivity contribution in [3.8, 4) is 11.3 Å². The van der Waals surface area contributed by atoms with E-state index in [0.717, 1.165) is 16.8 Å². The molecule has 0 aliphatic heterocycles. The minimum atomic E-state index is -0.336. The second-order valence-corrected chi connectivity index (χ2v) is 5.34. The Kier molecular flexibility index (Phi) is 3.84. The molecule has 0 aliphatic rings. The summed E-state index contributed by atoms with van der Waals surface area (Å²) >= 11 is 0. The maximum atomic E-state index is 12.1. The van der Waals surface area contributed by atoms with Crippen LogP contribution in [-0.2, 0) is 14.1 Å². The Bertz CT molecular complexity index is 848. The molecule has 1 aromatic carbocycles. The Hall–Kier alpha value is -3.09. The molecule has 3 rings (SSSR count). The lowest BCUT2D eigenvalue weighted by Crippen LogP contribution is -2.20. The Morgan fingerprint density at radius 1 is 1.17 bits per heavy atom. The number of hydrogen-bond acceptors (Lipinski definition) is 3. The summed E-state index contributed by atoms with van der Waals surface area (Å²) in [6, 6.07) is 9.52. The first kappa shape index (κ1) is 14.8. The van der Waals surface area contributed by atoms with Crippen LogP contribution in [0.4, 0.5) is 16.3 Å². The number of hydrogen-bond donors (Lipinski definition) is 2. The smallest absolute Gasteiger partial charge is 0.305 e. The summed E-state index contributed by atoms with van der Waals surface area (Å²) in [5.41, 5.74) is 3.63. The molecule has 0 saturated carbocycles. The molecule has 7 nitrogen and oxygen atoms in total. The highest BCUT2D eigenvalue weighted by Gasteiger charge is 2.11. The minimum Gasteiger partial charge on any atom is -0.305 e. The van der Waals surface area contributed by atoms with Crippen molar-refractivity contribution in [2.45, 2.75) is 6.92 Å². The summed E-state index contributed by atoms with van der Waals surface area (Å²) in [5, 5.41) is 14.0. The molecule has 0 radical (unpaired) electrons. The van der Waals surface area contributed by atoms with Crippen LogP contribution in [0.1, 0.15) is 5.56 Å². The number of amides is 2. The van der Waals surface area contributed by atoms with E-state index in [9.17, 15) is 4.79 Å². The lowest BCUT2D eigenvalue weighted by molar-refractivity contribution is 0.262. The van der Waals surface area contributed by atoms with Crippen molar-refractivity contribution < 1.29 is 4.79 Å². The standard InChI is InChI=1S/C16H18N6O/c1-11-6-4-5-7-13(11)14-8-15(22(3)20-14)19-16(23)18-12-9-17-21(2)10-12/h4-10H,1-3H3,(H2,18,19,23). The van der Waals surface area contributed by atoms with Crippen molar-refractivity contribution in [3.05, 3.63) is 48.3 Å². The molecule has 118 valence electrons. The highest BCUT2D eigenvalue weighted by molar-refractivity contribution is 5.99. The SMILES string of the molecule is Cc1ccccc1-c1cc(NC(=O)Nc2cnn(C)c2)n(C)n1. The average Bonchev–Trinajstić information content (AvgIpc) is 3.06. The normalized spacial score (nSPS) is 10.6. The van der Waals surface area contributed by atoms with Crippen LogP contribution in [0, 0.1) is 6.92 Å². The molecule has 23 heavy (non-hydrogen) atoms. The Morgan fingerprint density at radius 2 is 1.96 bits per heavy atom. The van der Waals surface area contributed by atoms with Crippen LogP contribution in [0.2, 0.25) is 0 Å². The zero-order valence-electron chi connectivity index (χ0n) is 13.2. The summed E-state index contributed by atoms with van der Waals surface area (Å²) in [4.78, 5) is 12.1. The zero-order chi connectivity index (χ0) is 16.4. The highest BCUT2D eigenvalue weighted by Crippen LogP contribution is 2.24. The van der Waals surface area contributed by atoms with Gasteiger partial charge < -0.3 is 5.32 Å². The summed E-state index contributed by atoms with van der Waals surface area (Å²) in [5.74, 6) is 0.615. The molecule has 2 aromatic heterocycles. The fraction of sp³-hybridized carbons (Fsp3) is 0.188. The molecule has 3 aromatic rings. The van der Waals surface area contributed by atoms with Gasteiger partial charge in [-0.25, -0.2) is 4.79 Å². The molecule has 0 bridgehead atoms. The first-order valence-corrected chi connectivity index (χ1v) is 7.19. The average molecular weight is 310 g/mol. The number of nitrogens with zero attached hydrogens (tertiary/aromatic N) is 4. The predicted molar refractivity (Wildman–Crippen MR) is 89.2 cm³/mol. The van der Waals surface area contributed by atoms with Crippen LogP contribution in [0.15, 0.2) is 42.7 Å². The fourth-order valence-electron chi connectivity index (χ4n) is 2.34. The topological polar surface area (TPSA) is 76.8 Å². The van der Waals surface area contributed by atoms with Gasteiger partial charge in [0.1, 0.15) is 5.82 Å². The Balaban J connectivity index is 1.76. The summed E-state index contributed by atoms with van der Waals surface area (Å²) < 4.78 is 3.26. The van der Waals surface area contributed by atoms with Crippen molar-refractivity contribution in [1.82, 2.24) is 19.6 Å². The van der Waals surface area contributed by atoms with E-state index >= 15 is 0 Å². The van der Waals surface area contributed by atoms with Gasteiger partial charge in [-0.1, -0.05) is 24.3 Å². The summed E-state index contributed by atoms with van der Waals surface area (Å²) in [6.45, 7) is 2.03. The molecule has 0 fully saturated rings. The minimum absolute atomic E-state index is 0.336. The molecular formula is C16H18N6O. The number of carbonyl (C=O) groups is 1. The largest absolute Gasteiger partial charge is 0.324 e. The molecule has 0 aliphatic carbocycles. The molecular weight excluding hydrogens is 292 g/mol. The van der Waals surface area contributed by atoms with E-state index in [2.05, 4.69) is 20.8 Å². The predicted octanol–water partition coefficient (Wildman–Crippen LogP) is 2.77. The molecule has 0 unspecified atom stereocenters. The van der Waals surface area contributed by atoms with Crippen LogP contribution in [-0.4, -0.2) is 25.6 Å². The van der Waals surface area contributed by atoms with Crippen LogP contribution >= 0.6 is 0 Å². The van der Waals surface area contributed by atoms with Crippen molar-refractivity contribution in [1.29, 1.82) is 0 Å². The number of benzene rings is 1. The lowest BCUT2D eigenvalue weighted by atomic mass is 10.1. The van der Waals surface area contributed by atoms with Gasteiger partial charge in [0.05, 0.1) is 17.6 Å². The van der Waals surface area contributed by atoms with Crippen LogP contribution in [0.3, 0.4) is 0 Å². The Morgan fingerprint density at radius 3 is 2.65 bits per heavy atom. The van der Waals surface area contributed by atoms with Crippen molar-refractivity contribution in [2.75, 3.05) is 10.6 Å². The number of carbonyl (C=O) groups excluding carboxylic acids is 1. The summed E-state index contributed by atoms with van der Waals surface area (Å²) in [7, 11) is 3.58. The molecule has 2 heterocycles. The van der Waals surface area contributed by atoms with Crippen molar-refractivity contribution >= 4 is 17.5 Å². The van der Waals surface area contributed by atoms with Gasteiger partial charge in [-0.2, -0.15) is 10.2 Å². The molecule has 7 heteroatoms. The van der Waals surface area contributed by atoms with E-state index in [1.54, 1.807) is 35.9 Å². The van der Waals surface area contributed by atoms with Gasteiger partial charge in [-0.3, -0.25) is 14.7 Å². The van der Waals surface area contributed by atoms with Gasteiger partial charge in [0.15, 0.2) is 0 Å². The number of aromatic nitrogens is 4. The molecule has 0 atom stereocenters. The van der Waals surface area contributed by atoms with Crippen molar-refractivity contribution in [2.24, 2.45) is 14.1 Å². The zero-order valence-corrected chi connectivity index (χ0v) is 13.2. The first-order valence-electron chi connectivity index (χ1n) is 7.19. The van der Waals surface area contributed by atoms with E-state index < -0.39 is 0 Å². The Labute approximate surface area is 133 Å². The van der Waals surface area contributed by atoms with Gasteiger partial charge in [0.25, 0.3) is 0 Å². The van der Waals surface area contributed by atoms with Gasteiger partial charge in [-0.05, 0) is 12.5 Å². The quantitative estimate of drug-likeness (QED) is 0.781. The number of anilines is 2. The maximum absolute atomic E-state index is 12.1. The third-order valence-corrected chi connectivity index (χ3v) is 3.51. The second-order valence-electron chi connectivity index (χ2n) is 5.34. The number of urea groups is 1. The number of nitrogens with one attached hydrogen (secondary N) is 2. The fourth-order valence-corrected chi connectivity index (χ4v) is 2.34. The van der Waals surface area contributed by atoms with Gasteiger partial charge in [-0.15, -0.1) is 0 Å². The van der Waals surface area contributed by atoms with Crippen molar-refractivity contribution in [3.63, 3.8) is 0 Å². The second kappa shape index (κ2) is 5.96. The van der Waals surface area contributed by atoms with Crippen LogP contribution in [0.25, 0.3) is 11.3 Å². The third kappa shape index (κ3) is 3.23. The van der Waals surface area contributed by atoms with E-state index in [0.29, 0.717) is 11.5 Å². The van der Waals surface area contributed by atoms with Gasteiger partial charge in [0.2, 0.25) is 0 Å². The van der Waals surface area contributed by atoms with E-state index in [-0.39, 0.29) is 6.03 Å². The van der Waals surface area contributed by atoms with E-state index in [1.165, 1.54) is 0 Å². The number of rotatable bonds is 3. The van der Waals surface area contributed by atoms with Crippen LogP contribution < -0.4 is 10.6 Å². The summed E-state index contributed by atoms with van der Waals surface area (Å²) in [6.07, 6.45) is 3.31. The first-order chi connectivity index (χ1) is 11.0. The number of aryl methyl sites for hydroxylation is 3. The van der Waals surface area contributed by atoms with Gasteiger partial charge in [0, 0.05) is 31.9 Å². The monoisotopic (exact) mass is 310 g/mol. The molecule has 0 saturated heterocycles. The molecule has 0 spiro atoms. The van der Waals surface area contributed by atoms with Crippen LogP contribution in [0.5, 0.6) is 0 Å². The highest BCUT2D eigenvalue weighted by atomic mass is 16.2. The lowest BCUT2D eigenvalue weighted by Gasteiger charge is -2.05. The maximum Gasteiger partial charge on any atom is 0.324 e. The molecule has 2 N–H and O–H groups in total. The third-order valence-electron chi connectivity index (χ3n) is 3.51. The van der Waals surface area contributed by atoms with E-state index in [1.807, 2.05) is 37.3 Å².